The van der Waals surface area contributed by atoms with Gasteiger partial charge in [-0.2, -0.15) is 4.98 Å². The highest BCUT2D eigenvalue weighted by Gasteiger charge is 2.25. The zero-order valence-electron chi connectivity index (χ0n) is 14.2. The number of hydrogen-bond acceptors (Lipinski definition) is 5. The van der Waals surface area contributed by atoms with E-state index in [2.05, 4.69) is 14.9 Å². The summed E-state index contributed by atoms with van der Waals surface area (Å²) >= 11 is 6.25. The smallest absolute Gasteiger partial charge is 0.318 e. The van der Waals surface area contributed by atoms with E-state index in [1.54, 1.807) is 13.3 Å². The molecule has 1 aliphatic carbocycles. The van der Waals surface area contributed by atoms with Gasteiger partial charge in [0.2, 0.25) is 5.91 Å². The van der Waals surface area contributed by atoms with Crippen molar-refractivity contribution in [2.24, 2.45) is 5.92 Å². The molecule has 1 saturated carbocycles. The van der Waals surface area contributed by atoms with Crippen molar-refractivity contribution in [1.29, 1.82) is 0 Å². The summed E-state index contributed by atoms with van der Waals surface area (Å²) in [7, 11) is 1.54. The van der Waals surface area contributed by atoms with E-state index in [1.165, 1.54) is 25.7 Å². The first kappa shape index (κ1) is 17.3. The van der Waals surface area contributed by atoms with Gasteiger partial charge < -0.3 is 14.5 Å². The van der Waals surface area contributed by atoms with Crippen LogP contribution in [0.2, 0.25) is 5.02 Å². The minimum Gasteiger partial charge on any atom is -0.467 e. The first-order chi connectivity index (χ1) is 11.7. The van der Waals surface area contributed by atoms with Gasteiger partial charge in [0, 0.05) is 32.6 Å². The third-order valence-corrected chi connectivity index (χ3v) is 5.24. The maximum absolute atomic E-state index is 12.6. The van der Waals surface area contributed by atoms with Crippen molar-refractivity contribution >= 4 is 23.3 Å². The van der Waals surface area contributed by atoms with E-state index in [4.69, 9.17) is 16.3 Å². The number of rotatable bonds is 4. The lowest BCUT2D eigenvalue weighted by Gasteiger charge is -2.24. The number of hydrogen-bond donors (Lipinski definition) is 0. The number of methoxy groups -OCH3 is 1. The summed E-state index contributed by atoms with van der Waals surface area (Å²) in [4.78, 5) is 25.1. The monoisotopic (exact) mass is 352 g/mol. The molecular weight excluding hydrogens is 328 g/mol. The summed E-state index contributed by atoms with van der Waals surface area (Å²) in [6, 6.07) is 0.313. The summed E-state index contributed by atoms with van der Waals surface area (Å²) in [6.45, 7) is 3.08. The van der Waals surface area contributed by atoms with E-state index < -0.39 is 0 Å². The van der Waals surface area contributed by atoms with Gasteiger partial charge in [0.1, 0.15) is 5.02 Å². The van der Waals surface area contributed by atoms with Gasteiger partial charge in [-0.1, -0.05) is 24.4 Å². The molecule has 0 N–H and O–H groups in total. The number of carbonyl (C=O) groups excluding carboxylic acids is 1. The van der Waals surface area contributed by atoms with Gasteiger partial charge >= 0.3 is 6.01 Å². The van der Waals surface area contributed by atoms with E-state index in [0.29, 0.717) is 41.6 Å². The van der Waals surface area contributed by atoms with Crippen LogP contribution in [0, 0.1) is 5.92 Å². The molecule has 2 aliphatic rings. The van der Waals surface area contributed by atoms with Crippen LogP contribution in [0.1, 0.15) is 38.5 Å². The quantitative estimate of drug-likeness (QED) is 0.834. The van der Waals surface area contributed by atoms with Crippen LogP contribution in [0.15, 0.2) is 6.20 Å². The van der Waals surface area contributed by atoms with E-state index in [9.17, 15) is 4.79 Å². The molecule has 0 unspecified atom stereocenters. The van der Waals surface area contributed by atoms with Crippen molar-refractivity contribution in [3.63, 3.8) is 0 Å². The average Bonchev–Trinajstić information content (AvgIpc) is 2.97. The lowest BCUT2D eigenvalue weighted by atomic mass is 10.0. The Morgan fingerprint density at radius 3 is 2.79 bits per heavy atom. The molecule has 0 bridgehead atoms. The minimum absolute atomic E-state index is 0.301. The normalized spacial score (nSPS) is 19.4. The molecule has 1 amide bonds. The predicted molar refractivity (Wildman–Crippen MR) is 93.6 cm³/mol. The Morgan fingerprint density at radius 2 is 2.04 bits per heavy atom. The summed E-state index contributed by atoms with van der Waals surface area (Å²) in [5.74, 6) is 1.58. The first-order valence-electron chi connectivity index (χ1n) is 8.76. The number of amides is 1. The van der Waals surface area contributed by atoms with E-state index >= 15 is 0 Å². The molecule has 24 heavy (non-hydrogen) atoms. The van der Waals surface area contributed by atoms with Crippen LogP contribution in [0.3, 0.4) is 0 Å². The van der Waals surface area contributed by atoms with E-state index in [1.807, 2.05) is 4.90 Å². The second-order valence-corrected chi connectivity index (χ2v) is 7.01. The standard InChI is InChI=1S/C17H25ClN4O2/c1-24-17-19-12-14(18)16(20-17)22-8-4-7-21(9-10-22)15(23)11-13-5-2-3-6-13/h12-13H,2-11H2,1H3. The van der Waals surface area contributed by atoms with E-state index in [-0.39, 0.29) is 0 Å². The highest BCUT2D eigenvalue weighted by molar-refractivity contribution is 6.32. The zero-order valence-corrected chi connectivity index (χ0v) is 15.0. The van der Waals surface area contributed by atoms with Gasteiger partial charge in [-0.25, -0.2) is 4.98 Å². The van der Waals surface area contributed by atoms with Crippen LogP contribution in [-0.4, -0.2) is 54.1 Å². The molecular formula is C17H25ClN4O2. The first-order valence-corrected chi connectivity index (χ1v) is 9.14. The van der Waals surface area contributed by atoms with Gasteiger partial charge in [0.15, 0.2) is 5.82 Å². The number of anilines is 1. The summed E-state index contributed by atoms with van der Waals surface area (Å²) in [5.41, 5.74) is 0. The fourth-order valence-electron chi connectivity index (χ4n) is 3.63. The van der Waals surface area contributed by atoms with Gasteiger partial charge in [0.05, 0.1) is 13.3 Å². The Hall–Kier alpha value is -1.56. The molecule has 132 valence electrons. The lowest BCUT2D eigenvalue weighted by Crippen LogP contribution is -2.36. The number of aromatic nitrogens is 2. The lowest BCUT2D eigenvalue weighted by molar-refractivity contribution is -0.131. The summed E-state index contributed by atoms with van der Waals surface area (Å²) in [5, 5.41) is 0.515. The number of ether oxygens (including phenoxy) is 1. The van der Waals surface area contributed by atoms with Crippen LogP contribution in [0.4, 0.5) is 5.82 Å². The van der Waals surface area contributed by atoms with Crippen LogP contribution >= 0.6 is 11.6 Å². The molecule has 6 nitrogen and oxygen atoms in total. The zero-order chi connectivity index (χ0) is 16.9. The van der Waals surface area contributed by atoms with Crippen molar-refractivity contribution in [1.82, 2.24) is 14.9 Å². The van der Waals surface area contributed by atoms with Gasteiger partial charge in [-0.15, -0.1) is 0 Å². The molecule has 3 rings (SSSR count). The minimum atomic E-state index is 0.301. The second-order valence-electron chi connectivity index (χ2n) is 6.60. The van der Waals surface area contributed by atoms with Gasteiger partial charge in [0.25, 0.3) is 0 Å². The van der Waals surface area contributed by atoms with Crippen molar-refractivity contribution in [2.75, 3.05) is 38.2 Å². The SMILES string of the molecule is COc1ncc(Cl)c(N2CCCN(C(=O)CC3CCCC3)CC2)n1. The number of carbonyl (C=O) groups is 1. The van der Waals surface area contributed by atoms with Gasteiger partial charge in [-0.3, -0.25) is 4.79 Å². The highest BCUT2D eigenvalue weighted by atomic mass is 35.5. The molecule has 1 aromatic rings. The molecule has 0 aromatic carbocycles. The van der Waals surface area contributed by atoms with Gasteiger partial charge in [-0.05, 0) is 25.2 Å². The molecule has 2 heterocycles. The van der Waals surface area contributed by atoms with Crippen LogP contribution in [0.25, 0.3) is 0 Å². The average molecular weight is 353 g/mol. The highest BCUT2D eigenvalue weighted by Crippen LogP contribution is 2.29. The van der Waals surface area contributed by atoms with Crippen LogP contribution < -0.4 is 9.64 Å². The Balaban J connectivity index is 1.61. The molecule has 0 spiro atoms. The molecule has 1 saturated heterocycles. The summed E-state index contributed by atoms with van der Waals surface area (Å²) < 4.78 is 5.09. The van der Waals surface area contributed by atoms with Crippen LogP contribution in [-0.2, 0) is 4.79 Å². The maximum Gasteiger partial charge on any atom is 0.318 e. The number of halogens is 1. The van der Waals surface area contributed by atoms with Crippen molar-refractivity contribution in [3.8, 4) is 6.01 Å². The second kappa shape index (κ2) is 8.01. The topological polar surface area (TPSA) is 58.6 Å². The molecule has 1 aromatic heterocycles. The van der Waals surface area contributed by atoms with Crippen molar-refractivity contribution in [2.45, 2.75) is 38.5 Å². The fraction of sp³-hybridized carbons (Fsp3) is 0.706. The molecule has 2 fully saturated rings. The third kappa shape index (κ3) is 4.09. The summed E-state index contributed by atoms with van der Waals surface area (Å²) in [6.07, 6.45) is 8.17. The Kier molecular flexibility index (Phi) is 5.76. The third-order valence-electron chi connectivity index (χ3n) is 4.97. The largest absolute Gasteiger partial charge is 0.467 e. The van der Waals surface area contributed by atoms with Crippen molar-refractivity contribution in [3.05, 3.63) is 11.2 Å². The molecule has 0 atom stereocenters. The predicted octanol–water partition coefficient (Wildman–Crippen LogP) is 2.76. The number of nitrogens with zero attached hydrogens (tertiary/aromatic N) is 4. The Bertz CT molecular complexity index is 578. The Morgan fingerprint density at radius 1 is 1.25 bits per heavy atom. The van der Waals surface area contributed by atoms with Crippen molar-refractivity contribution < 1.29 is 9.53 Å². The molecule has 1 aliphatic heterocycles. The van der Waals surface area contributed by atoms with E-state index in [0.717, 1.165) is 26.1 Å². The van der Waals surface area contributed by atoms with Crippen LogP contribution in [0.5, 0.6) is 6.01 Å². The fourth-order valence-corrected chi connectivity index (χ4v) is 3.84. The Labute approximate surface area is 148 Å². The molecule has 0 radical (unpaired) electrons. The molecule has 7 heteroatoms. The maximum atomic E-state index is 12.6.